The summed E-state index contributed by atoms with van der Waals surface area (Å²) in [6, 6.07) is 13.3. The van der Waals surface area contributed by atoms with Gasteiger partial charge in [0.15, 0.2) is 5.82 Å². The molecule has 136 valence electrons. The van der Waals surface area contributed by atoms with Crippen LogP contribution in [0.25, 0.3) is 21.1 Å². The number of aryl methyl sites for hydroxylation is 1. The number of thiophene rings is 1. The number of aromatic amines is 1. The van der Waals surface area contributed by atoms with E-state index in [-0.39, 0.29) is 0 Å². The fraction of sp³-hybridized carbons (Fsp3) is 0.150. The zero-order chi connectivity index (χ0) is 18.8. The van der Waals surface area contributed by atoms with Crippen molar-refractivity contribution < 1.29 is 5.11 Å². The van der Waals surface area contributed by atoms with Crippen LogP contribution in [-0.2, 0) is 6.42 Å². The van der Waals surface area contributed by atoms with Gasteiger partial charge in [-0.3, -0.25) is 10.1 Å². The maximum atomic E-state index is 11.0. The molecule has 0 fully saturated rings. The molecule has 1 aromatic carbocycles. The van der Waals surface area contributed by atoms with E-state index >= 15 is 0 Å². The third-order valence-electron chi connectivity index (χ3n) is 4.33. The molecule has 0 aliphatic rings. The summed E-state index contributed by atoms with van der Waals surface area (Å²) in [5.74, 6) is 0.638. The first-order chi connectivity index (χ1) is 13.2. The average Bonchev–Trinajstić information content (AvgIpc) is 3.38. The van der Waals surface area contributed by atoms with Crippen molar-refractivity contribution >= 4 is 22.9 Å². The van der Waals surface area contributed by atoms with E-state index in [0.717, 1.165) is 38.6 Å². The monoisotopic (exact) mass is 396 g/mol. The van der Waals surface area contributed by atoms with Gasteiger partial charge in [-0.1, -0.05) is 30.7 Å². The number of aliphatic hydroxyl groups excluding tert-OH is 1. The van der Waals surface area contributed by atoms with Crippen LogP contribution in [0.1, 0.15) is 29.8 Å². The Balaban J connectivity index is 1.82. The second kappa shape index (κ2) is 7.60. The van der Waals surface area contributed by atoms with E-state index in [9.17, 15) is 5.11 Å². The first kappa shape index (κ1) is 17.9. The third kappa shape index (κ3) is 3.64. The quantitative estimate of drug-likeness (QED) is 0.503. The maximum Gasteiger partial charge on any atom is 0.165 e. The molecule has 1 atom stereocenters. The Kier molecular flexibility index (Phi) is 5.03. The molecule has 0 saturated heterocycles. The first-order valence-corrected chi connectivity index (χ1v) is 9.73. The SMILES string of the molecule is CCc1cc(-c2cc(C(O)c3ccc(Cl)cc3)c(-c3ncn[nH]3)s2)ccn1. The van der Waals surface area contributed by atoms with Gasteiger partial charge in [-0.15, -0.1) is 11.3 Å². The highest BCUT2D eigenvalue weighted by Crippen LogP contribution is 2.41. The highest BCUT2D eigenvalue weighted by Gasteiger charge is 2.22. The smallest absolute Gasteiger partial charge is 0.165 e. The Bertz CT molecular complexity index is 1040. The van der Waals surface area contributed by atoms with Crippen molar-refractivity contribution in [1.29, 1.82) is 0 Å². The predicted molar refractivity (Wildman–Crippen MR) is 108 cm³/mol. The summed E-state index contributed by atoms with van der Waals surface area (Å²) >= 11 is 7.55. The Hall–Kier alpha value is -2.54. The topological polar surface area (TPSA) is 74.7 Å². The molecule has 1 unspecified atom stereocenters. The molecule has 0 aliphatic heterocycles. The molecule has 2 N–H and O–H groups in total. The number of nitrogens with one attached hydrogen (secondary N) is 1. The first-order valence-electron chi connectivity index (χ1n) is 8.54. The van der Waals surface area contributed by atoms with Gasteiger partial charge in [0.05, 0.1) is 4.88 Å². The highest BCUT2D eigenvalue weighted by molar-refractivity contribution is 7.19. The van der Waals surface area contributed by atoms with Crippen LogP contribution in [-0.4, -0.2) is 25.3 Å². The minimum Gasteiger partial charge on any atom is -0.384 e. The number of pyridine rings is 1. The number of halogens is 1. The molecule has 7 heteroatoms. The van der Waals surface area contributed by atoms with Gasteiger partial charge in [-0.25, -0.2) is 4.98 Å². The van der Waals surface area contributed by atoms with Gasteiger partial charge >= 0.3 is 0 Å². The minimum atomic E-state index is -0.792. The van der Waals surface area contributed by atoms with Gasteiger partial charge in [0.2, 0.25) is 0 Å². The van der Waals surface area contributed by atoms with Gasteiger partial charge in [-0.2, -0.15) is 5.10 Å². The summed E-state index contributed by atoms with van der Waals surface area (Å²) in [5, 5.41) is 18.5. The number of H-pyrrole nitrogens is 1. The van der Waals surface area contributed by atoms with Gasteiger partial charge in [0.1, 0.15) is 12.4 Å². The molecule has 5 nitrogen and oxygen atoms in total. The van der Waals surface area contributed by atoms with E-state index in [1.54, 1.807) is 23.5 Å². The van der Waals surface area contributed by atoms with Gasteiger partial charge in [0.25, 0.3) is 0 Å². The van der Waals surface area contributed by atoms with Crippen LogP contribution in [0.2, 0.25) is 5.02 Å². The number of rotatable bonds is 5. The van der Waals surface area contributed by atoms with Crippen molar-refractivity contribution in [3.63, 3.8) is 0 Å². The largest absolute Gasteiger partial charge is 0.384 e. The van der Waals surface area contributed by atoms with Gasteiger partial charge < -0.3 is 5.11 Å². The van der Waals surface area contributed by atoms with Crippen LogP contribution in [0.4, 0.5) is 0 Å². The van der Waals surface area contributed by atoms with E-state index in [2.05, 4.69) is 33.2 Å². The molecule has 0 amide bonds. The molecule has 0 spiro atoms. The second-order valence-electron chi connectivity index (χ2n) is 6.07. The minimum absolute atomic E-state index is 0.635. The summed E-state index contributed by atoms with van der Waals surface area (Å²) in [5.41, 5.74) is 3.65. The van der Waals surface area contributed by atoms with E-state index in [1.165, 1.54) is 6.33 Å². The van der Waals surface area contributed by atoms with Crippen molar-refractivity contribution in [2.45, 2.75) is 19.4 Å². The third-order valence-corrected chi connectivity index (χ3v) is 5.79. The van der Waals surface area contributed by atoms with E-state index in [4.69, 9.17) is 11.6 Å². The zero-order valence-corrected chi connectivity index (χ0v) is 16.1. The van der Waals surface area contributed by atoms with Gasteiger partial charge in [-0.05, 0) is 47.9 Å². The molecule has 0 saturated carbocycles. The Morgan fingerprint density at radius 3 is 2.67 bits per heavy atom. The number of aliphatic hydroxyl groups is 1. The number of hydrogen-bond acceptors (Lipinski definition) is 5. The molecular formula is C20H17ClN4OS. The van der Waals surface area contributed by atoms with Gasteiger partial charge in [0, 0.05) is 27.4 Å². The summed E-state index contributed by atoms with van der Waals surface area (Å²) in [6.45, 7) is 2.08. The van der Waals surface area contributed by atoms with Crippen LogP contribution in [0.3, 0.4) is 0 Å². The normalized spacial score (nSPS) is 12.3. The fourth-order valence-corrected chi connectivity index (χ4v) is 4.16. The molecule has 4 rings (SSSR count). The van der Waals surface area contributed by atoms with Crippen molar-refractivity contribution in [2.24, 2.45) is 0 Å². The standard InChI is InChI=1S/C20H17ClN4OS/c1-2-15-9-13(7-8-22-15)17-10-16(19(27-17)20-23-11-24-25-20)18(26)12-3-5-14(21)6-4-12/h3-11,18,26H,2H2,1H3,(H,23,24,25). The molecular weight excluding hydrogens is 380 g/mol. The van der Waals surface area contributed by atoms with E-state index < -0.39 is 6.10 Å². The lowest BCUT2D eigenvalue weighted by molar-refractivity contribution is 0.221. The molecule has 0 bridgehead atoms. The Morgan fingerprint density at radius 2 is 1.96 bits per heavy atom. The highest BCUT2D eigenvalue weighted by atomic mass is 35.5. The second-order valence-corrected chi connectivity index (χ2v) is 7.56. The number of nitrogens with zero attached hydrogens (tertiary/aromatic N) is 3. The van der Waals surface area contributed by atoms with Crippen molar-refractivity contribution in [3.8, 4) is 21.1 Å². The zero-order valence-electron chi connectivity index (χ0n) is 14.6. The van der Waals surface area contributed by atoms with E-state index in [1.807, 2.05) is 30.5 Å². The lowest BCUT2D eigenvalue weighted by Crippen LogP contribution is -2.00. The van der Waals surface area contributed by atoms with Crippen LogP contribution >= 0.6 is 22.9 Å². The molecule has 3 heterocycles. The fourth-order valence-electron chi connectivity index (χ4n) is 2.90. The Labute approximate surface area is 165 Å². The van der Waals surface area contributed by atoms with Crippen molar-refractivity contribution in [3.05, 3.63) is 76.8 Å². The van der Waals surface area contributed by atoms with Crippen LogP contribution < -0.4 is 0 Å². The average molecular weight is 397 g/mol. The lowest BCUT2D eigenvalue weighted by atomic mass is 10.0. The van der Waals surface area contributed by atoms with Crippen LogP contribution in [0.15, 0.2) is 55.0 Å². The summed E-state index contributed by atoms with van der Waals surface area (Å²) in [7, 11) is 0. The molecule has 3 aromatic heterocycles. The number of benzene rings is 1. The molecule has 27 heavy (non-hydrogen) atoms. The number of aromatic nitrogens is 4. The van der Waals surface area contributed by atoms with Crippen molar-refractivity contribution in [1.82, 2.24) is 20.2 Å². The van der Waals surface area contributed by atoms with E-state index in [0.29, 0.717) is 10.8 Å². The predicted octanol–water partition coefficient (Wildman–Crippen LogP) is 4.89. The van der Waals surface area contributed by atoms with Crippen LogP contribution in [0.5, 0.6) is 0 Å². The molecule has 0 radical (unpaired) electrons. The van der Waals surface area contributed by atoms with Crippen LogP contribution in [0, 0.1) is 0 Å². The lowest BCUT2D eigenvalue weighted by Gasteiger charge is -2.11. The summed E-state index contributed by atoms with van der Waals surface area (Å²) in [6.07, 6.45) is 3.36. The molecule has 0 aliphatic carbocycles. The Morgan fingerprint density at radius 1 is 1.15 bits per heavy atom. The summed E-state index contributed by atoms with van der Waals surface area (Å²) in [4.78, 5) is 10.5. The van der Waals surface area contributed by atoms with Crippen molar-refractivity contribution in [2.75, 3.05) is 0 Å². The number of hydrogen-bond donors (Lipinski definition) is 2. The molecule has 4 aromatic rings. The summed E-state index contributed by atoms with van der Waals surface area (Å²) < 4.78 is 0. The maximum absolute atomic E-state index is 11.0.